The molecule has 9 nitrogen and oxygen atoms in total. The van der Waals surface area contributed by atoms with Gasteiger partial charge in [0.25, 0.3) is 0 Å². The number of unbranched alkanes of at least 4 members (excludes halogenated alkanes) is 3. The average Bonchev–Trinajstić information content (AvgIpc) is 3.20. The Morgan fingerprint density at radius 3 is 2.13 bits per heavy atom. The van der Waals surface area contributed by atoms with Gasteiger partial charge in [-0.1, -0.05) is 111 Å². The molecule has 5 N–H and O–H groups in total. The third-order valence-corrected chi connectivity index (χ3v) is 10.8. The van der Waals surface area contributed by atoms with Crippen molar-refractivity contribution in [1.29, 1.82) is 0 Å². The number of para-hydroxylation sites is 2. The predicted octanol–water partition coefficient (Wildman–Crippen LogP) is 8.84. The molecule has 9 heteroatoms. The predicted molar refractivity (Wildman–Crippen MR) is 219 cm³/mol. The molecule has 0 bridgehead atoms. The van der Waals surface area contributed by atoms with Gasteiger partial charge >= 0.3 is 0 Å². The number of rotatable bonds is 16. The van der Waals surface area contributed by atoms with Crippen LogP contribution in [0.5, 0.6) is 0 Å². The molecule has 0 aromatic heterocycles. The van der Waals surface area contributed by atoms with Crippen molar-refractivity contribution in [1.82, 2.24) is 10.2 Å². The first-order valence-electron chi connectivity index (χ1n) is 20.3. The van der Waals surface area contributed by atoms with Gasteiger partial charge in [-0.25, -0.2) is 0 Å². The van der Waals surface area contributed by atoms with E-state index in [1.165, 1.54) is 32.1 Å². The number of carbonyl (C=O) groups excluding carboxylic acids is 2. The Hall–Kier alpha value is -4.54. The topological polar surface area (TPSA) is 126 Å². The molecule has 0 unspecified atom stereocenters. The number of aliphatic hydroxyl groups is 1. The van der Waals surface area contributed by atoms with Crippen LogP contribution >= 0.6 is 0 Å². The Balaban J connectivity index is 0.979. The lowest BCUT2D eigenvalue weighted by atomic mass is 9.98. The molecule has 2 saturated heterocycles. The summed E-state index contributed by atoms with van der Waals surface area (Å²) in [7, 11) is 0. The number of amides is 2. The molecule has 4 aromatic carbocycles. The fourth-order valence-corrected chi connectivity index (χ4v) is 7.55. The van der Waals surface area contributed by atoms with Crippen LogP contribution in [0.25, 0.3) is 11.1 Å². The van der Waals surface area contributed by atoms with Crippen LogP contribution in [0, 0.1) is 0 Å². The number of anilines is 2. The van der Waals surface area contributed by atoms with Gasteiger partial charge in [0.15, 0.2) is 6.29 Å². The first-order valence-corrected chi connectivity index (χ1v) is 20.3. The van der Waals surface area contributed by atoms with Crippen molar-refractivity contribution in [3.8, 4) is 11.1 Å². The third kappa shape index (κ3) is 12.5. The van der Waals surface area contributed by atoms with Crippen LogP contribution in [0.1, 0.15) is 112 Å². The van der Waals surface area contributed by atoms with Gasteiger partial charge in [-0.05, 0) is 84.8 Å². The van der Waals surface area contributed by atoms with Crippen LogP contribution in [-0.4, -0.2) is 47.6 Å². The number of ether oxygens (including phenoxy) is 2. The minimum absolute atomic E-state index is 0.0250. The number of nitrogens with two attached hydrogens (primary N) is 1. The molecule has 2 aliphatic heterocycles. The normalized spacial score (nSPS) is 19.3. The van der Waals surface area contributed by atoms with Gasteiger partial charge in [-0.15, -0.1) is 0 Å². The second kappa shape index (κ2) is 20.9. The summed E-state index contributed by atoms with van der Waals surface area (Å²) in [4.78, 5) is 27.4. The van der Waals surface area contributed by atoms with Gasteiger partial charge in [-0.3, -0.25) is 9.59 Å². The SMILES string of the molecule is Nc1ccccc1NC(=O)CCCCCCC(=O)NCc1cccc(-c2ccc([C@H]3O[C@@H](CN4CCCCCCC4)C[C@@H](c4ccc(CO)cc4)O3)cc2)c1. The van der Waals surface area contributed by atoms with Crippen molar-refractivity contribution < 1.29 is 24.2 Å². The molecule has 2 aliphatic rings. The van der Waals surface area contributed by atoms with E-state index in [9.17, 15) is 14.7 Å². The minimum atomic E-state index is -0.481. The van der Waals surface area contributed by atoms with Crippen molar-refractivity contribution in [3.05, 3.63) is 119 Å². The number of aliphatic hydroxyl groups excluding tert-OH is 1. The van der Waals surface area contributed by atoms with Crippen LogP contribution in [0.15, 0.2) is 97.1 Å². The standard InChI is InChI=1S/C46H58N4O5/c47-41-15-8-9-16-42(41)49-45(53)18-7-3-2-6-17-44(52)48-31-35-13-12-14-39(29-35)36-23-25-38(26-24-36)46-54-40(32-50-27-10-4-1-5-11-28-50)30-43(55-46)37-21-19-34(33-51)20-22-37/h8-9,12-16,19-26,29,40,43,46,51H,1-7,10-11,17-18,27-28,30-33,47H2,(H,48,52)(H,49,53)/t40-,43+,46+/m1/s1. The van der Waals surface area contributed by atoms with E-state index in [1.807, 2.05) is 36.4 Å². The van der Waals surface area contributed by atoms with E-state index in [0.29, 0.717) is 30.8 Å². The van der Waals surface area contributed by atoms with E-state index in [1.54, 1.807) is 12.1 Å². The molecular weight excluding hydrogens is 689 g/mol. The number of benzene rings is 4. The summed E-state index contributed by atoms with van der Waals surface area (Å²) in [5.41, 5.74) is 13.3. The summed E-state index contributed by atoms with van der Waals surface area (Å²) in [6, 6.07) is 32.1. The van der Waals surface area contributed by atoms with Crippen molar-refractivity contribution in [2.45, 2.75) is 109 Å². The fourth-order valence-electron chi connectivity index (χ4n) is 7.55. The molecule has 0 spiro atoms. The summed E-state index contributed by atoms with van der Waals surface area (Å²) >= 11 is 0. The number of carbonyl (C=O) groups is 2. The zero-order valence-electron chi connectivity index (χ0n) is 32.1. The van der Waals surface area contributed by atoms with E-state index in [0.717, 1.165) is 85.1 Å². The maximum Gasteiger partial charge on any atom is 0.224 e. The van der Waals surface area contributed by atoms with Gasteiger partial charge in [0, 0.05) is 37.9 Å². The molecule has 0 saturated carbocycles. The van der Waals surface area contributed by atoms with Gasteiger partial charge in [0.1, 0.15) is 0 Å². The molecule has 2 amide bonds. The molecule has 55 heavy (non-hydrogen) atoms. The summed E-state index contributed by atoms with van der Waals surface area (Å²) in [6.07, 6.45) is 10.9. The zero-order chi connectivity index (χ0) is 38.2. The smallest absolute Gasteiger partial charge is 0.224 e. The fraction of sp³-hybridized carbons (Fsp3) is 0.435. The first kappa shape index (κ1) is 40.1. The van der Waals surface area contributed by atoms with E-state index >= 15 is 0 Å². The van der Waals surface area contributed by atoms with Crippen LogP contribution in [0.4, 0.5) is 11.4 Å². The van der Waals surface area contributed by atoms with Gasteiger partial charge in [-0.2, -0.15) is 0 Å². The molecule has 6 rings (SSSR count). The van der Waals surface area contributed by atoms with Gasteiger partial charge in [0.2, 0.25) is 11.8 Å². The number of nitrogens with zero attached hydrogens (tertiary/aromatic N) is 1. The van der Waals surface area contributed by atoms with E-state index in [4.69, 9.17) is 15.2 Å². The summed E-state index contributed by atoms with van der Waals surface area (Å²) in [5, 5.41) is 15.5. The summed E-state index contributed by atoms with van der Waals surface area (Å²) in [6.45, 7) is 3.63. The van der Waals surface area contributed by atoms with E-state index in [-0.39, 0.29) is 30.6 Å². The molecule has 4 aromatic rings. The molecular formula is C46H58N4O5. The number of nitrogen functional groups attached to an aromatic ring is 1. The Labute approximate surface area is 326 Å². The Bertz CT molecular complexity index is 1790. The highest BCUT2D eigenvalue weighted by atomic mass is 16.7. The molecule has 0 aliphatic carbocycles. The highest BCUT2D eigenvalue weighted by Crippen LogP contribution is 2.39. The number of likely N-dealkylation sites (tertiary alicyclic amines) is 1. The first-order chi connectivity index (χ1) is 26.9. The van der Waals surface area contributed by atoms with Crippen LogP contribution in [0.2, 0.25) is 0 Å². The average molecular weight is 747 g/mol. The van der Waals surface area contributed by atoms with Crippen molar-refractivity contribution >= 4 is 23.2 Å². The van der Waals surface area contributed by atoms with E-state index in [2.05, 4.69) is 64.1 Å². The van der Waals surface area contributed by atoms with Gasteiger partial charge < -0.3 is 35.8 Å². The number of hydrogen-bond acceptors (Lipinski definition) is 7. The van der Waals surface area contributed by atoms with E-state index < -0.39 is 6.29 Å². The Morgan fingerprint density at radius 2 is 1.40 bits per heavy atom. The Morgan fingerprint density at radius 1 is 0.709 bits per heavy atom. The van der Waals surface area contributed by atoms with Crippen LogP contribution in [-0.2, 0) is 32.2 Å². The quantitative estimate of drug-likeness (QED) is 0.0667. The van der Waals surface area contributed by atoms with Crippen LogP contribution in [0.3, 0.4) is 0 Å². The third-order valence-electron chi connectivity index (χ3n) is 10.8. The maximum absolute atomic E-state index is 12.6. The summed E-state index contributed by atoms with van der Waals surface area (Å²) in [5.74, 6) is -0.00822. The second-order valence-electron chi connectivity index (χ2n) is 15.1. The van der Waals surface area contributed by atoms with Gasteiger partial charge in [0.05, 0.1) is 30.2 Å². The number of nitrogens with one attached hydrogen (secondary N) is 2. The van der Waals surface area contributed by atoms with Crippen molar-refractivity contribution in [3.63, 3.8) is 0 Å². The molecule has 292 valence electrons. The molecule has 2 heterocycles. The second-order valence-corrected chi connectivity index (χ2v) is 15.1. The molecule has 3 atom stereocenters. The van der Waals surface area contributed by atoms with Crippen molar-refractivity contribution in [2.24, 2.45) is 0 Å². The summed E-state index contributed by atoms with van der Waals surface area (Å²) < 4.78 is 13.3. The highest BCUT2D eigenvalue weighted by molar-refractivity contribution is 5.93. The lowest BCUT2D eigenvalue weighted by Crippen LogP contribution is -2.40. The maximum atomic E-state index is 12.6. The largest absolute Gasteiger partial charge is 0.397 e. The number of hydrogen-bond donors (Lipinski definition) is 4. The lowest BCUT2D eigenvalue weighted by Gasteiger charge is -2.38. The zero-order valence-corrected chi connectivity index (χ0v) is 32.1. The Kier molecular flexibility index (Phi) is 15.3. The lowest BCUT2D eigenvalue weighted by molar-refractivity contribution is -0.253. The van der Waals surface area contributed by atoms with Crippen molar-refractivity contribution in [2.75, 3.05) is 30.7 Å². The minimum Gasteiger partial charge on any atom is -0.397 e. The van der Waals surface area contributed by atoms with Crippen LogP contribution < -0.4 is 16.4 Å². The monoisotopic (exact) mass is 746 g/mol. The molecule has 0 radical (unpaired) electrons. The highest BCUT2D eigenvalue weighted by Gasteiger charge is 2.33. The molecule has 2 fully saturated rings.